The van der Waals surface area contributed by atoms with E-state index in [0.29, 0.717) is 6.54 Å². The molecule has 5 heteroatoms. The maximum Gasteiger partial charge on any atom is 0.262 e. The molecule has 0 aliphatic heterocycles. The van der Waals surface area contributed by atoms with Crippen molar-refractivity contribution in [2.24, 2.45) is 0 Å². The van der Waals surface area contributed by atoms with E-state index >= 15 is 0 Å². The average Bonchev–Trinajstić information content (AvgIpc) is 2.88. The second kappa shape index (κ2) is 6.88. The number of carbonyl (C=O) groups is 2. The minimum Gasteiger partial charge on any atom is -0.354 e. The topological polar surface area (TPSA) is 58.2 Å². The van der Waals surface area contributed by atoms with E-state index in [1.54, 1.807) is 18.3 Å². The highest BCUT2D eigenvalue weighted by Gasteiger charge is 2.20. The third-order valence-corrected chi connectivity index (χ3v) is 4.75. The lowest BCUT2D eigenvalue weighted by Crippen LogP contribution is -2.44. The third kappa shape index (κ3) is 3.60. The fourth-order valence-electron chi connectivity index (χ4n) is 2.34. The molecular formula is C15H22N2O2S. The van der Waals surface area contributed by atoms with E-state index in [1.807, 2.05) is 13.0 Å². The first-order valence-corrected chi connectivity index (χ1v) is 8.13. The molecule has 1 aromatic heterocycles. The molecule has 1 aliphatic carbocycles. The van der Waals surface area contributed by atoms with Crippen LogP contribution < -0.4 is 10.6 Å². The van der Waals surface area contributed by atoms with Gasteiger partial charge in [-0.15, -0.1) is 11.3 Å². The molecule has 1 aliphatic rings. The van der Waals surface area contributed by atoms with E-state index in [-0.39, 0.29) is 11.8 Å². The van der Waals surface area contributed by atoms with E-state index in [2.05, 4.69) is 10.6 Å². The molecule has 0 spiro atoms. The standard InChI is InChI=1S/C15H22N2O2S/c1-3-8-16-14(18)10(2)17-15(19)13-9-11-6-4-5-7-12(11)20-13/h9-10H,3-8H2,1-2H3,(H,16,18)(H,17,19). The molecule has 1 unspecified atom stereocenters. The Morgan fingerprint density at radius 3 is 2.80 bits per heavy atom. The van der Waals surface area contributed by atoms with E-state index in [1.165, 1.54) is 23.3 Å². The van der Waals surface area contributed by atoms with Crippen LogP contribution in [0.3, 0.4) is 0 Å². The smallest absolute Gasteiger partial charge is 0.262 e. The van der Waals surface area contributed by atoms with Crippen LogP contribution in [-0.4, -0.2) is 24.4 Å². The van der Waals surface area contributed by atoms with E-state index in [4.69, 9.17) is 0 Å². The minimum atomic E-state index is -0.492. The SMILES string of the molecule is CCCNC(=O)C(C)NC(=O)c1cc2c(s1)CCCC2. The number of aryl methyl sites for hydroxylation is 2. The van der Waals surface area contributed by atoms with Gasteiger partial charge in [0.2, 0.25) is 5.91 Å². The van der Waals surface area contributed by atoms with Crippen LogP contribution in [0.4, 0.5) is 0 Å². The van der Waals surface area contributed by atoms with Crippen LogP contribution >= 0.6 is 11.3 Å². The molecule has 0 bridgehead atoms. The van der Waals surface area contributed by atoms with Gasteiger partial charge in [-0.1, -0.05) is 6.92 Å². The zero-order valence-electron chi connectivity index (χ0n) is 12.1. The summed E-state index contributed by atoms with van der Waals surface area (Å²) in [4.78, 5) is 26.0. The Bertz CT molecular complexity index is 473. The molecule has 0 saturated heterocycles. The van der Waals surface area contributed by atoms with Crippen molar-refractivity contribution >= 4 is 23.2 Å². The van der Waals surface area contributed by atoms with E-state index in [0.717, 1.165) is 24.1 Å². The van der Waals surface area contributed by atoms with E-state index < -0.39 is 6.04 Å². The summed E-state index contributed by atoms with van der Waals surface area (Å²) >= 11 is 1.57. The van der Waals surface area contributed by atoms with Crippen LogP contribution in [0, 0.1) is 0 Å². The fourth-order valence-corrected chi connectivity index (χ4v) is 3.49. The zero-order chi connectivity index (χ0) is 14.5. The monoisotopic (exact) mass is 294 g/mol. The summed E-state index contributed by atoms with van der Waals surface area (Å²) in [5.41, 5.74) is 1.31. The molecule has 0 radical (unpaired) electrons. The van der Waals surface area contributed by atoms with Crippen molar-refractivity contribution in [3.05, 3.63) is 21.4 Å². The molecule has 4 nitrogen and oxygen atoms in total. The first-order valence-electron chi connectivity index (χ1n) is 7.32. The second-order valence-corrected chi connectivity index (χ2v) is 6.39. The number of hydrogen-bond donors (Lipinski definition) is 2. The number of amides is 2. The van der Waals surface area contributed by atoms with Crippen molar-refractivity contribution in [1.29, 1.82) is 0 Å². The quantitative estimate of drug-likeness (QED) is 0.875. The van der Waals surface area contributed by atoms with Crippen molar-refractivity contribution < 1.29 is 9.59 Å². The first kappa shape index (κ1) is 15.0. The Balaban J connectivity index is 1.94. The van der Waals surface area contributed by atoms with Crippen LogP contribution in [0.5, 0.6) is 0 Å². The fraction of sp³-hybridized carbons (Fsp3) is 0.600. The van der Waals surface area contributed by atoms with Crippen molar-refractivity contribution in [1.82, 2.24) is 10.6 Å². The van der Waals surface area contributed by atoms with Crippen LogP contribution in [0.1, 0.15) is 53.2 Å². The molecule has 0 saturated carbocycles. The highest BCUT2D eigenvalue weighted by molar-refractivity contribution is 7.14. The van der Waals surface area contributed by atoms with Gasteiger partial charge in [0.15, 0.2) is 0 Å². The van der Waals surface area contributed by atoms with Gasteiger partial charge >= 0.3 is 0 Å². The molecule has 0 aromatic carbocycles. The van der Waals surface area contributed by atoms with E-state index in [9.17, 15) is 9.59 Å². The predicted molar refractivity (Wildman–Crippen MR) is 81.2 cm³/mol. The Kier molecular flexibility index (Phi) is 5.17. The highest BCUT2D eigenvalue weighted by Crippen LogP contribution is 2.29. The summed E-state index contributed by atoms with van der Waals surface area (Å²) in [5.74, 6) is -0.259. The molecule has 0 fully saturated rings. The molecule has 2 N–H and O–H groups in total. The lowest BCUT2D eigenvalue weighted by atomic mass is 9.99. The number of carbonyl (C=O) groups excluding carboxylic acids is 2. The van der Waals surface area contributed by atoms with Gasteiger partial charge in [0.05, 0.1) is 4.88 Å². The van der Waals surface area contributed by atoms with Gasteiger partial charge in [0, 0.05) is 11.4 Å². The number of nitrogens with one attached hydrogen (secondary N) is 2. The van der Waals surface area contributed by atoms with Gasteiger partial charge in [0.1, 0.15) is 6.04 Å². The zero-order valence-corrected chi connectivity index (χ0v) is 12.9. The molecule has 20 heavy (non-hydrogen) atoms. The number of fused-ring (bicyclic) bond motifs is 1. The summed E-state index contributed by atoms with van der Waals surface area (Å²) in [6.45, 7) is 4.36. The third-order valence-electron chi connectivity index (χ3n) is 3.51. The number of thiophene rings is 1. The van der Waals surface area contributed by atoms with Crippen LogP contribution in [0.2, 0.25) is 0 Å². The highest BCUT2D eigenvalue weighted by atomic mass is 32.1. The molecule has 1 atom stereocenters. The Morgan fingerprint density at radius 2 is 2.10 bits per heavy atom. The van der Waals surface area contributed by atoms with Gasteiger partial charge in [-0.2, -0.15) is 0 Å². The van der Waals surface area contributed by atoms with Crippen molar-refractivity contribution in [3.63, 3.8) is 0 Å². The largest absolute Gasteiger partial charge is 0.354 e. The second-order valence-electron chi connectivity index (χ2n) is 5.25. The molecule has 2 rings (SSSR count). The summed E-state index contributed by atoms with van der Waals surface area (Å²) in [5, 5.41) is 5.56. The molecular weight excluding hydrogens is 272 g/mol. The van der Waals surface area contributed by atoms with Crippen molar-refractivity contribution in [2.45, 2.75) is 52.0 Å². The molecule has 1 heterocycles. The van der Waals surface area contributed by atoms with Gasteiger partial charge in [-0.05, 0) is 50.7 Å². The summed E-state index contributed by atoms with van der Waals surface area (Å²) in [7, 11) is 0. The Labute approximate surface area is 124 Å². The summed E-state index contributed by atoms with van der Waals surface area (Å²) < 4.78 is 0. The Hall–Kier alpha value is -1.36. The van der Waals surface area contributed by atoms with Gasteiger partial charge in [0.25, 0.3) is 5.91 Å². The van der Waals surface area contributed by atoms with Crippen LogP contribution in [0.15, 0.2) is 6.07 Å². The lowest BCUT2D eigenvalue weighted by Gasteiger charge is -2.12. The van der Waals surface area contributed by atoms with Gasteiger partial charge in [-0.3, -0.25) is 9.59 Å². The minimum absolute atomic E-state index is 0.124. The number of hydrogen-bond acceptors (Lipinski definition) is 3. The van der Waals surface area contributed by atoms with Crippen molar-refractivity contribution in [2.75, 3.05) is 6.54 Å². The van der Waals surface area contributed by atoms with Crippen molar-refractivity contribution in [3.8, 4) is 0 Å². The average molecular weight is 294 g/mol. The summed E-state index contributed by atoms with van der Waals surface area (Å²) in [6.07, 6.45) is 5.47. The molecule has 2 amide bonds. The molecule has 110 valence electrons. The summed E-state index contributed by atoms with van der Waals surface area (Å²) in [6, 6.07) is 1.50. The van der Waals surface area contributed by atoms with Crippen LogP contribution in [-0.2, 0) is 17.6 Å². The van der Waals surface area contributed by atoms with Crippen LogP contribution in [0.25, 0.3) is 0 Å². The van der Waals surface area contributed by atoms with Gasteiger partial charge < -0.3 is 10.6 Å². The molecule has 1 aromatic rings. The first-order chi connectivity index (χ1) is 9.61. The normalized spacial score (nSPS) is 15.3. The maximum atomic E-state index is 12.2. The van der Waals surface area contributed by atoms with Gasteiger partial charge in [-0.25, -0.2) is 0 Å². The maximum absolute atomic E-state index is 12.2. The predicted octanol–water partition coefficient (Wildman–Crippen LogP) is 2.27. The number of rotatable bonds is 5. The Morgan fingerprint density at radius 1 is 1.35 bits per heavy atom. The lowest BCUT2D eigenvalue weighted by molar-refractivity contribution is -0.122.